The highest BCUT2D eigenvalue weighted by atomic mass is 16.1. The summed E-state index contributed by atoms with van der Waals surface area (Å²) in [5.41, 5.74) is 2.01. The normalized spacial score (nSPS) is 12.3. The smallest absolute Gasteiger partial charge is 0.220 e. The molecule has 2 rings (SSSR count). The quantitative estimate of drug-likeness (QED) is 0.837. The summed E-state index contributed by atoms with van der Waals surface area (Å²) in [6.07, 6.45) is 2.32. The van der Waals surface area contributed by atoms with Gasteiger partial charge in [0.1, 0.15) is 5.82 Å². The summed E-state index contributed by atoms with van der Waals surface area (Å²) in [7, 11) is 0. The Bertz CT molecular complexity index is 600. The third-order valence-electron chi connectivity index (χ3n) is 3.08. The molecule has 4 nitrogen and oxygen atoms in total. The minimum Gasteiger partial charge on any atom is -0.346 e. The van der Waals surface area contributed by atoms with Crippen LogP contribution >= 0.6 is 0 Å². The average Bonchev–Trinajstić information content (AvgIpc) is 2.78. The molecule has 0 saturated carbocycles. The van der Waals surface area contributed by atoms with Crippen LogP contribution < -0.4 is 5.32 Å². The zero-order valence-electron chi connectivity index (χ0n) is 11.4. The summed E-state index contributed by atoms with van der Waals surface area (Å²) >= 11 is 0. The summed E-state index contributed by atoms with van der Waals surface area (Å²) in [5, 5.41) is 2.95. The molecule has 4 heteroatoms. The molecule has 1 amide bonds. The number of hydrogen-bond donors (Lipinski definition) is 1. The second kappa shape index (κ2) is 5.69. The number of fused-ring (bicyclic) bond motifs is 1. The Morgan fingerprint density at radius 2 is 2.26 bits per heavy atom. The molecule has 0 radical (unpaired) electrons. The van der Waals surface area contributed by atoms with Gasteiger partial charge < -0.3 is 9.88 Å². The number of aromatic nitrogens is 2. The van der Waals surface area contributed by atoms with E-state index >= 15 is 0 Å². The molecule has 100 valence electrons. The Hall–Kier alpha value is -2.10. The zero-order valence-corrected chi connectivity index (χ0v) is 11.4. The van der Waals surface area contributed by atoms with Crippen molar-refractivity contribution in [2.45, 2.75) is 32.9 Å². The number of imidazole rings is 1. The summed E-state index contributed by atoms with van der Waals surface area (Å²) in [4.78, 5) is 16.1. The molecule has 1 N–H and O–H groups in total. The molecule has 19 heavy (non-hydrogen) atoms. The van der Waals surface area contributed by atoms with Gasteiger partial charge in [-0.3, -0.25) is 4.79 Å². The lowest BCUT2D eigenvalue weighted by Crippen LogP contribution is -2.27. The second-order valence-corrected chi connectivity index (χ2v) is 4.50. The molecule has 0 aliphatic rings. The summed E-state index contributed by atoms with van der Waals surface area (Å²) in [6.45, 7) is 8.26. The third-order valence-corrected chi connectivity index (χ3v) is 3.08. The third kappa shape index (κ3) is 2.67. The first-order chi connectivity index (χ1) is 9.17. The largest absolute Gasteiger partial charge is 0.346 e. The molecular weight excluding hydrogens is 238 g/mol. The lowest BCUT2D eigenvalue weighted by Gasteiger charge is -2.14. The Kier molecular flexibility index (Phi) is 4.00. The first kappa shape index (κ1) is 13.3. The zero-order chi connectivity index (χ0) is 13.8. The minimum absolute atomic E-state index is 0.0321. The van der Waals surface area contributed by atoms with Crippen LogP contribution in [0, 0.1) is 0 Å². The van der Waals surface area contributed by atoms with Gasteiger partial charge in [0.25, 0.3) is 0 Å². The Morgan fingerprint density at radius 1 is 1.53 bits per heavy atom. The van der Waals surface area contributed by atoms with Crippen molar-refractivity contribution in [3.63, 3.8) is 0 Å². The summed E-state index contributed by atoms with van der Waals surface area (Å²) < 4.78 is 2.09. The van der Waals surface area contributed by atoms with Crippen LogP contribution in [0.5, 0.6) is 0 Å². The number of hydrogen-bond acceptors (Lipinski definition) is 2. The van der Waals surface area contributed by atoms with Crippen molar-refractivity contribution in [2.75, 3.05) is 0 Å². The lowest BCUT2D eigenvalue weighted by atomic mass is 10.3. The van der Waals surface area contributed by atoms with Crippen LogP contribution in [0.3, 0.4) is 0 Å². The van der Waals surface area contributed by atoms with Crippen molar-refractivity contribution in [3.8, 4) is 0 Å². The molecule has 0 saturated heterocycles. The van der Waals surface area contributed by atoms with Gasteiger partial charge in [0.15, 0.2) is 0 Å². The fourth-order valence-electron chi connectivity index (χ4n) is 2.15. The highest BCUT2D eigenvalue weighted by Gasteiger charge is 2.16. The van der Waals surface area contributed by atoms with Gasteiger partial charge in [-0.1, -0.05) is 25.1 Å². The van der Waals surface area contributed by atoms with Crippen LogP contribution in [0.2, 0.25) is 0 Å². The molecule has 2 aromatic rings. The topological polar surface area (TPSA) is 46.9 Å². The first-order valence-electron chi connectivity index (χ1n) is 6.52. The van der Waals surface area contributed by atoms with Gasteiger partial charge in [0, 0.05) is 13.0 Å². The van der Waals surface area contributed by atoms with E-state index in [-0.39, 0.29) is 11.9 Å². The van der Waals surface area contributed by atoms with Gasteiger partial charge in [-0.2, -0.15) is 0 Å². The van der Waals surface area contributed by atoms with Gasteiger partial charge in [-0.15, -0.1) is 6.58 Å². The van der Waals surface area contributed by atoms with Crippen molar-refractivity contribution >= 4 is 16.9 Å². The molecule has 1 aromatic heterocycles. The lowest BCUT2D eigenvalue weighted by molar-refractivity contribution is -0.121. The van der Waals surface area contributed by atoms with Crippen LogP contribution in [-0.2, 0) is 11.3 Å². The SMILES string of the molecule is C=CCn1c([C@H](C)NC(=O)CC)nc2ccccc21. The molecule has 0 aliphatic carbocycles. The van der Waals surface area contributed by atoms with E-state index in [0.717, 1.165) is 16.9 Å². The van der Waals surface area contributed by atoms with Gasteiger partial charge in [0.2, 0.25) is 5.91 Å². The van der Waals surface area contributed by atoms with Gasteiger partial charge in [-0.05, 0) is 19.1 Å². The van der Waals surface area contributed by atoms with E-state index in [1.807, 2.05) is 44.2 Å². The monoisotopic (exact) mass is 257 g/mol. The first-order valence-corrected chi connectivity index (χ1v) is 6.52. The van der Waals surface area contributed by atoms with Crippen LogP contribution in [0.1, 0.15) is 32.1 Å². The number of carbonyl (C=O) groups is 1. The Labute approximate surface area is 113 Å². The maximum Gasteiger partial charge on any atom is 0.220 e. The van der Waals surface area contributed by atoms with Crippen LogP contribution in [0.4, 0.5) is 0 Å². The molecule has 0 fully saturated rings. The molecule has 0 aliphatic heterocycles. The van der Waals surface area contributed by atoms with Crippen LogP contribution in [0.25, 0.3) is 11.0 Å². The standard InChI is InChI=1S/C15H19N3O/c1-4-10-18-13-9-7-6-8-12(13)17-15(18)11(3)16-14(19)5-2/h4,6-9,11H,1,5,10H2,2-3H3,(H,16,19)/t11-/m0/s1. The van der Waals surface area contributed by atoms with Crippen molar-refractivity contribution in [1.82, 2.24) is 14.9 Å². The summed E-state index contributed by atoms with van der Waals surface area (Å²) in [6, 6.07) is 7.85. The number of rotatable bonds is 5. The number of carbonyl (C=O) groups excluding carboxylic acids is 1. The van der Waals surface area contributed by atoms with Gasteiger partial charge in [0.05, 0.1) is 17.1 Å². The number of allylic oxidation sites excluding steroid dienone is 1. The van der Waals surface area contributed by atoms with Gasteiger partial charge >= 0.3 is 0 Å². The molecular formula is C15H19N3O. The van der Waals surface area contributed by atoms with E-state index in [0.29, 0.717) is 13.0 Å². The highest BCUT2D eigenvalue weighted by Crippen LogP contribution is 2.20. The second-order valence-electron chi connectivity index (χ2n) is 4.50. The number of amides is 1. The number of nitrogens with one attached hydrogen (secondary N) is 1. The number of benzene rings is 1. The Balaban J connectivity index is 2.43. The molecule has 0 unspecified atom stereocenters. The van der Waals surface area contributed by atoms with E-state index in [1.54, 1.807) is 0 Å². The fourth-order valence-corrected chi connectivity index (χ4v) is 2.15. The maximum absolute atomic E-state index is 11.5. The van der Waals surface area contributed by atoms with E-state index in [9.17, 15) is 4.79 Å². The van der Waals surface area contributed by atoms with E-state index in [4.69, 9.17) is 0 Å². The average molecular weight is 257 g/mol. The molecule has 1 heterocycles. The summed E-state index contributed by atoms with van der Waals surface area (Å²) in [5.74, 6) is 0.896. The van der Waals surface area contributed by atoms with Crippen molar-refractivity contribution < 1.29 is 4.79 Å². The predicted molar refractivity (Wildman–Crippen MR) is 76.8 cm³/mol. The molecule has 0 spiro atoms. The van der Waals surface area contributed by atoms with Crippen molar-refractivity contribution in [1.29, 1.82) is 0 Å². The highest BCUT2D eigenvalue weighted by molar-refractivity contribution is 5.77. The molecule has 1 aromatic carbocycles. The molecule has 0 bridgehead atoms. The van der Waals surface area contributed by atoms with E-state index in [2.05, 4.69) is 21.4 Å². The van der Waals surface area contributed by atoms with Crippen molar-refractivity contribution in [2.24, 2.45) is 0 Å². The van der Waals surface area contributed by atoms with E-state index < -0.39 is 0 Å². The molecule has 1 atom stereocenters. The minimum atomic E-state index is -0.111. The fraction of sp³-hybridized carbons (Fsp3) is 0.333. The predicted octanol–water partition coefficient (Wildman–Crippen LogP) is 2.81. The van der Waals surface area contributed by atoms with Gasteiger partial charge in [-0.25, -0.2) is 4.98 Å². The van der Waals surface area contributed by atoms with Crippen molar-refractivity contribution in [3.05, 3.63) is 42.7 Å². The van der Waals surface area contributed by atoms with Crippen LogP contribution in [-0.4, -0.2) is 15.5 Å². The number of nitrogens with zero attached hydrogens (tertiary/aromatic N) is 2. The Morgan fingerprint density at radius 3 is 2.95 bits per heavy atom. The maximum atomic E-state index is 11.5. The van der Waals surface area contributed by atoms with E-state index in [1.165, 1.54) is 0 Å². The number of para-hydroxylation sites is 2. The van der Waals surface area contributed by atoms with Crippen LogP contribution in [0.15, 0.2) is 36.9 Å².